The van der Waals surface area contributed by atoms with E-state index >= 15 is 0 Å². The summed E-state index contributed by atoms with van der Waals surface area (Å²) in [5.41, 5.74) is 7.75. The minimum Gasteiger partial charge on any atom is -0.329 e. The van der Waals surface area contributed by atoms with Crippen LogP contribution in [0.1, 0.15) is 30.9 Å². The maximum atomic E-state index is 13.8. The first-order chi connectivity index (χ1) is 8.60. The summed E-state index contributed by atoms with van der Waals surface area (Å²) in [6.45, 7) is 6.64. The van der Waals surface area contributed by atoms with Gasteiger partial charge in [0.1, 0.15) is 5.82 Å². The van der Waals surface area contributed by atoms with Crippen molar-refractivity contribution in [2.24, 2.45) is 11.7 Å². The van der Waals surface area contributed by atoms with Gasteiger partial charge in [0.05, 0.1) is 0 Å². The Bertz CT molecular complexity index is 405. The molecule has 0 aliphatic carbocycles. The monoisotopic (exact) mass is 250 g/mol. The number of hydrogen-bond donors (Lipinski definition) is 1. The Morgan fingerprint density at radius 2 is 2.22 bits per heavy atom. The molecule has 0 amide bonds. The molecule has 1 aromatic rings. The van der Waals surface area contributed by atoms with Crippen LogP contribution in [0.3, 0.4) is 0 Å². The molecule has 1 heterocycles. The van der Waals surface area contributed by atoms with Crippen molar-refractivity contribution in [2.75, 3.05) is 13.1 Å². The van der Waals surface area contributed by atoms with E-state index in [1.165, 1.54) is 6.42 Å². The lowest BCUT2D eigenvalue weighted by Gasteiger charge is -2.38. The van der Waals surface area contributed by atoms with Gasteiger partial charge in [-0.25, -0.2) is 4.39 Å². The molecule has 1 aliphatic rings. The summed E-state index contributed by atoms with van der Waals surface area (Å²) in [4.78, 5) is 2.33. The van der Waals surface area contributed by atoms with Gasteiger partial charge in [0.2, 0.25) is 0 Å². The molecule has 0 bridgehead atoms. The average Bonchev–Trinajstić information content (AvgIpc) is 2.36. The molecule has 1 aliphatic heterocycles. The highest BCUT2D eigenvalue weighted by atomic mass is 19.1. The summed E-state index contributed by atoms with van der Waals surface area (Å²) in [6.07, 6.45) is 2.31. The highest BCUT2D eigenvalue weighted by Crippen LogP contribution is 2.24. The van der Waals surface area contributed by atoms with Crippen molar-refractivity contribution in [1.29, 1.82) is 0 Å². The zero-order valence-corrected chi connectivity index (χ0v) is 11.3. The van der Waals surface area contributed by atoms with Crippen LogP contribution in [0.5, 0.6) is 0 Å². The molecule has 1 aromatic carbocycles. The first-order valence-electron chi connectivity index (χ1n) is 6.79. The Morgan fingerprint density at radius 3 is 2.94 bits per heavy atom. The second kappa shape index (κ2) is 5.81. The Balaban J connectivity index is 2.10. The van der Waals surface area contributed by atoms with Crippen molar-refractivity contribution in [3.05, 3.63) is 35.1 Å². The minimum absolute atomic E-state index is 0.102. The van der Waals surface area contributed by atoms with Crippen molar-refractivity contribution in [2.45, 2.75) is 39.3 Å². The van der Waals surface area contributed by atoms with Crippen LogP contribution in [0.4, 0.5) is 4.39 Å². The van der Waals surface area contributed by atoms with E-state index in [1.807, 2.05) is 19.1 Å². The van der Waals surface area contributed by atoms with Crippen molar-refractivity contribution >= 4 is 0 Å². The van der Waals surface area contributed by atoms with Crippen LogP contribution < -0.4 is 5.73 Å². The molecule has 2 nitrogen and oxygen atoms in total. The Hall–Kier alpha value is -0.930. The van der Waals surface area contributed by atoms with E-state index in [9.17, 15) is 4.39 Å². The molecule has 0 saturated carbocycles. The van der Waals surface area contributed by atoms with Gasteiger partial charge in [-0.1, -0.05) is 24.6 Å². The molecule has 1 fully saturated rings. The van der Waals surface area contributed by atoms with Crippen LogP contribution in [-0.2, 0) is 6.54 Å². The number of nitrogens with zero attached hydrogens (tertiary/aromatic N) is 1. The molecule has 3 heteroatoms. The SMILES string of the molecule is Cc1ccc(F)c(CN2CCC(C)CC2CN)c1. The molecule has 1 saturated heterocycles. The van der Waals surface area contributed by atoms with Crippen molar-refractivity contribution in [3.8, 4) is 0 Å². The first-order valence-corrected chi connectivity index (χ1v) is 6.79. The van der Waals surface area contributed by atoms with E-state index in [-0.39, 0.29) is 5.82 Å². The lowest BCUT2D eigenvalue weighted by Crippen LogP contribution is -2.45. The summed E-state index contributed by atoms with van der Waals surface area (Å²) < 4.78 is 13.8. The molecule has 18 heavy (non-hydrogen) atoms. The summed E-state index contributed by atoms with van der Waals surface area (Å²) in [5.74, 6) is 0.632. The summed E-state index contributed by atoms with van der Waals surface area (Å²) in [5, 5.41) is 0. The first kappa shape index (κ1) is 13.5. The largest absolute Gasteiger partial charge is 0.329 e. The summed E-state index contributed by atoms with van der Waals surface area (Å²) >= 11 is 0. The number of halogens is 1. The molecule has 0 aromatic heterocycles. The van der Waals surface area contributed by atoms with Gasteiger partial charge >= 0.3 is 0 Å². The van der Waals surface area contributed by atoms with Crippen LogP contribution in [-0.4, -0.2) is 24.0 Å². The predicted molar refractivity (Wildman–Crippen MR) is 72.8 cm³/mol. The smallest absolute Gasteiger partial charge is 0.127 e. The standard InChI is InChI=1S/C15H23FN2/c1-11-3-4-15(16)13(7-11)10-18-6-5-12(2)8-14(18)9-17/h3-4,7,12,14H,5-6,8-10,17H2,1-2H3. The Labute approximate surface area is 109 Å². The van der Waals surface area contributed by atoms with Crippen molar-refractivity contribution in [3.63, 3.8) is 0 Å². The van der Waals surface area contributed by atoms with Crippen LogP contribution >= 0.6 is 0 Å². The van der Waals surface area contributed by atoms with Gasteiger partial charge in [0, 0.05) is 24.7 Å². The number of piperidine rings is 1. The number of nitrogens with two attached hydrogens (primary N) is 1. The molecule has 2 unspecified atom stereocenters. The lowest BCUT2D eigenvalue weighted by molar-refractivity contribution is 0.114. The molecule has 0 spiro atoms. The quantitative estimate of drug-likeness (QED) is 0.893. The number of rotatable bonds is 3. The highest BCUT2D eigenvalue weighted by Gasteiger charge is 2.25. The number of aryl methyl sites for hydroxylation is 1. The fourth-order valence-corrected chi connectivity index (χ4v) is 2.80. The van der Waals surface area contributed by atoms with Crippen LogP contribution in [0.25, 0.3) is 0 Å². The Morgan fingerprint density at radius 1 is 1.44 bits per heavy atom. The van der Waals surface area contributed by atoms with Crippen LogP contribution in [0, 0.1) is 18.7 Å². The molecule has 2 rings (SSSR count). The molecule has 100 valence electrons. The zero-order chi connectivity index (χ0) is 13.1. The fourth-order valence-electron chi connectivity index (χ4n) is 2.80. The molecule has 0 radical (unpaired) electrons. The maximum Gasteiger partial charge on any atom is 0.127 e. The molecular weight excluding hydrogens is 227 g/mol. The molecule has 2 atom stereocenters. The van der Waals surface area contributed by atoms with Gasteiger partial charge in [-0.3, -0.25) is 4.90 Å². The van der Waals surface area contributed by atoms with E-state index in [1.54, 1.807) is 6.07 Å². The Kier molecular flexibility index (Phi) is 4.36. The van der Waals surface area contributed by atoms with Crippen molar-refractivity contribution < 1.29 is 4.39 Å². The molecular formula is C15H23FN2. The van der Waals surface area contributed by atoms with E-state index in [0.29, 0.717) is 19.1 Å². The van der Waals surface area contributed by atoms with E-state index in [4.69, 9.17) is 5.73 Å². The van der Waals surface area contributed by atoms with Crippen molar-refractivity contribution in [1.82, 2.24) is 4.90 Å². The van der Waals surface area contributed by atoms with Crippen LogP contribution in [0.2, 0.25) is 0 Å². The minimum atomic E-state index is -0.102. The molecule has 2 N–H and O–H groups in total. The summed E-state index contributed by atoms with van der Waals surface area (Å²) in [6, 6.07) is 5.72. The van der Waals surface area contributed by atoms with Gasteiger partial charge in [-0.05, 0) is 38.3 Å². The van der Waals surface area contributed by atoms with Gasteiger partial charge in [-0.2, -0.15) is 0 Å². The van der Waals surface area contributed by atoms with E-state index in [0.717, 1.165) is 30.0 Å². The summed E-state index contributed by atoms with van der Waals surface area (Å²) in [7, 11) is 0. The lowest BCUT2D eigenvalue weighted by atomic mass is 9.92. The average molecular weight is 250 g/mol. The van der Waals surface area contributed by atoms with E-state index < -0.39 is 0 Å². The second-order valence-corrected chi connectivity index (χ2v) is 5.58. The number of hydrogen-bond acceptors (Lipinski definition) is 2. The zero-order valence-electron chi connectivity index (χ0n) is 11.3. The van der Waals surface area contributed by atoms with Gasteiger partial charge in [-0.15, -0.1) is 0 Å². The fraction of sp³-hybridized carbons (Fsp3) is 0.600. The number of benzene rings is 1. The maximum absolute atomic E-state index is 13.8. The van der Waals surface area contributed by atoms with Crippen LogP contribution in [0.15, 0.2) is 18.2 Å². The number of likely N-dealkylation sites (tertiary alicyclic amines) is 1. The van der Waals surface area contributed by atoms with E-state index in [2.05, 4.69) is 11.8 Å². The van der Waals surface area contributed by atoms with Gasteiger partial charge in [0.15, 0.2) is 0 Å². The third-order valence-corrected chi connectivity index (χ3v) is 3.95. The topological polar surface area (TPSA) is 29.3 Å². The van der Waals surface area contributed by atoms with Gasteiger partial charge < -0.3 is 5.73 Å². The third-order valence-electron chi connectivity index (χ3n) is 3.95. The normalized spacial score (nSPS) is 25.3. The third kappa shape index (κ3) is 3.09. The van der Waals surface area contributed by atoms with Gasteiger partial charge in [0.25, 0.3) is 0 Å². The second-order valence-electron chi connectivity index (χ2n) is 5.58. The highest BCUT2D eigenvalue weighted by molar-refractivity contribution is 5.24. The predicted octanol–water partition coefficient (Wildman–Crippen LogP) is 2.69.